The van der Waals surface area contributed by atoms with Gasteiger partial charge in [0.1, 0.15) is 0 Å². The van der Waals surface area contributed by atoms with Crippen LogP contribution in [-0.2, 0) is 4.79 Å². The third-order valence-electron chi connectivity index (χ3n) is 2.01. The van der Waals surface area contributed by atoms with E-state index in [2.05, 4.69) is 15.1 Å². The van der Waals surface area contributed by atoms with Crippen LogP contribution in [0.4, 0.5) is 5.82 Å². The van der Waals surface area contributed by atoms with Crippen LogP contribution in [0.3, 0.4) is 0 Å². The molecule has 0 saturated heterocycles. The molecule has 0 N–H and O–H groups in total. The Kier molecular flexibility index (Phi) is 2.22. The zero-order valence-electron chi connectivity index (χ0n) is 7.84. The van der Waals surface area contributed by atoms with Crippen LogP contribution >= 0.6 is 0 Å². The second kappa shape index (κ2) is 3.53. The third-order valence-corrected chi connectivity index (χ3v) is 2.01. The van der Waals surface area contributed by atoms with Gasteiger partial charge in [-0.3, -0.25) is 9.78 Å². The Morgan fingerprint density at radius 1 is 1.50 bits per heavy atom. The highest BCUT2D eigenvalue weighted by molar-refractivity contribution is 6.12. The van der Waals surface area contributed by atoms with Crippen molar-refractivity contribution < 1.29 is 4.79 Å². The van der Waals surface area contributed by atoms with E-state index in [0.29, 0.717) is 12.2 Å². The summed E-state index contributed by atoms with van der Waals surface area (Å²) in [6.07, 6.45) is 5.83. The fourth-order valence-electron chi connectivity index (χ4n) is 1.26. The topological polar surface area (TPSA) is 58.5 Å². The maximum atomic E-state index is 11.5. The summed E-state index contributed by atoms with van der Waals surface area (Å²) in [5.41, 5.74) is 0.889. The fourth-order valence-corrected chi connectivity index (χ4v) is 1.26. The van der Waals surface area contributed by atoms with Crippen molar-refractivity contribution >= 4 is 17.4 Å². The molecule has 0 bridgehead atoms. The smallest absolute Gasteiger partial charge is 0.254 e. The largest absolute Gasteiger partial charge is 0.272 e. The molecule has 5 nitrogen and oxygen atoms in total. The first-order valence-electron chi connectivity index (χ1n) is 4.46. The first-order valence-corrected chi connectivity index (χ1v) is 4.46. The SMILES string of the molecule is CCC1=NN(c2cnccn2)C(=O)C1. The van der Waals surface area contributed by atoms with Gasteiger partial charge in [-0.1, -0.05) is 6.92 Å². The van der Waals surface area contributed by atoms with Crippen molar-refractivity contribution in [2.45, 2.75) is 19.8 Å². The molecule has 0 unspecified atom stereocenters. The average Bonchev–Trinajstić information content (AvgIpc) is 2.61. The van der Waals surface area contributed by atoms with Crippen molar-refractivity contribution in [3.8, 4) is 0 Å². The maximum Gasteiger partial charge on any atom is 0.254 e. The summed E-state index contributed by atoms with van der Waals surface area (Å²) in [4.78, 5) is 19.4. The van der Waals surface area contributed by atoms with E-state index in [-0.39, 0.29) is 5.91 Å². The predicted octanol–water partition coefficient (Wildman–Crippen LogP) is 0.979. The van der Waals surface area contributed by atoms with Gasteiger partial charge < -0.3 is 0 Å². The molecular formula is C9H10N4O. The molecule has 1 aromatic rings. The van der Waals surface area contributed by atoms with Crippen molar-refractivity contribution in [1.29, 1.82) is 0 Å². The van der Waals surface area contributed by atoms with E-state index in [0.717, 1.165) is 12.1 Å². The number of carbonyl (C=O) groups excluding carboxylic acids is 1. The Balaban J connectivity index is 2.28. The first kappa shape index (κ1) is 8.80. The van der Waals surface area contributed by atoms with Gasteiger partial charge in [0.2, 0.25) is 0 Å². The lowest BCUT2D eigenvalue weighted by Gasteiger charge is -2.08. The van der Waals surface area contributed by atoms with Gasteiger partial charge in [-0.15, -0.1) is 0 Å². The molecule has 2 heterocycles. The van der Waals surface area contributed by atoms with Crippen molar-refractivity contribution in [3.05, 3.63) is 18.6 Å². The van der Waals surface area contributed by atoms with Crippen molar-refractivity contribution in [2.24, 2.45) is 5.10 Å². The molecule has 1 amide bonds. The van der Waals surface area contributed by atoms with Gasteiger partial charge in [0.15, 0.2) is 5.82 Å². The van der Waals surface area contributed by atoms with E-state index in [1.54, 1.807) is 12.4 Å². The minimum Gasteiger partial charge on any atom is -0.272 e. The number of hydrogen-bond donors (Lipinski definition) is 0. The first-order chi connectivity index (χ1) is 6.81. The monoisotopic (exact) mass is 190 g/mol. The maximum absolute atomic E-state index is 11.5. The van der Waals surface area contributed by atoms with Crippen LogP contribution in [0, 0.1) is 0 Å². The van der Waals surface area contributed by atoms with E-state index in [4.69, 9.17) is 0 Å². The van der Waals surface area contributed by atoms with Gasteiger partial charge in [-0.2, -0.15) is 10.1 Å². The van der Waals surface area contributed by atoms with Crippen LogP contribution in [-0.4, -0.2) is 21.6 Å². The Labute approximate surface area is 81.5 Å². The van der Waals surface area contributed by atoms with Crippen LogP contribution in [0.15, 0.2) is 23.7 Å². The molecule has 1 aromatic heterocycles. The molecule has 14 heavy (non-hydrogen) atoms. The molecule has 1 aliphatic heterocycles. The highest BCUT2D eigenvalue weighted by atomic mass is 16.2. The fraction of sp³-hybridized carbons (Fsp3) is 0.333. The number of nitrogens with zero attached hydrogens (tertiary/aromatic N) is 4. The van der Waals surface area contributed by atoms with Gasteiger partial charge in [0.25, 0.3) is 5.91 Å². The lowest BCUT2D eigenvalue weighted by Crippen LogP contribution is -2.20. The molecule has 1 aliphatic rings. The third kappa shape index (κ3) is 1.48. The minimum absolute atomic E-state index is 0.0395. The number of aromatic nitrogens is 2. The molecule has 72 valence electrons. The molecule has 0 aliphatic carbocycles. The Morgan fingerprint density at radius 3 is 2.93 bits per heavy atom. The predicted molar refractivity (Wildman–Crippen MR) is 51.9 cm³/mol. The van der Waals surface area contributed by atoms with E-state index < -0.39 is 0 Å². The van der Waals surface area contributed by atoms with Crippen molar-refractivity contribution in [2.75, 3.05) is 5.01 Å². The molecule has 0 fully saturated rings. The molecule has 0 spiro atoms. The molecule has 2 rings (SSSR count). The highest BCUT2D eigenvalue weighted by Crippen LogP contribution is 2.17. The minimum atomic E-state index is -0.0395. The van der Waals surface area contributed by atoms with Crippen molar-refractivity contribution in [1.82, 2.24) is 9.97 Å². The second-order valence-electron chi connectivity index (χ2n) is 2.97. The Hall–Kier alpha value is -1.78. The normalized spacial score (nSPS) is 15.9. The molecule has 0 atom stereocenters. The number of carbonyl (C=O) groups is 1. The van der Waals surface area contributed by atoms with E-state index in [1.165, 1.54) is 11.2 Å². The number of hydrazone groups is 1. The lowest BCUT2D eigenvalue weighted by atomic mass is 10.2. The standard InChI is InChI=1S/C9H10N4O/c1-2-7-5-9(14)13(12-7)8-6-10-3-4-11-8/h3-4,6H,2,5H2,1H3. The Morgan fingerprint density at radius 2 is 2.36 bits per heavy atom. The summed E-state index contributed by atoms with van der Waals surface area (Å²) in [6.45, 7) is 1.98. The highest BCUT2D eigenvalue weighted by Gasteiger charge is 2.24. The van der Waals surface area contributed by atoms with Crippen LogP contribution < -0.4 is 5.01 Å². The van der Waals surface area contributed by atoms with Gasteiger partial charge in [-0.25, -0.2) is 4.98 Å². The average molecular weight is 190 g/mol. The molecule has 0 saturated carbocycles. The van der Waals surface area contributed by atoms with Crippen LogP contribution in [0.25, 0.3) is 0 Å². The summed E-state index contributed by atoms with van der Waals surface area (Å²) >= 11 is 0. The molecule has 0 aromatic carbocycles. The summed E-state index contributed by atoms with van der Waals surface area (Å²) in [7, 11) is 0. The van der Waals surface area contributed by atoms with Crippen LogP contribution in [0.2, 0.25) is 0 Å². The molecule has 5 heteroatoms. The van der Waals surface area contributed by atoms with Gasteiger partial charge >= 0.3 is 0 Å². The van der Waals surface area contributed by atoms with E-state index in [1.807, 2.05) is 6.92 Å². The lowest BCUT2D eigenvalue weighted by molar-refractivity contribution is -0.116. The van der Waals surface area contributed by atoms with Crippen LogP contribution in [0.5, 0.6) is 0 Å². The summed E-state index contributed by atoms with van der Waals surface area (Å²) in [5.74, 6) is 0.448. The second-order valence-corrected chi connectivity index (χ2v) is 2.97. The number of anilines is 1. The van der Waals surface area contributed by atoms with E-state index in [9.17, 15) is 4.79 Å². The summed E-state index contributed by atoms with van der Waals surface area (Å²) < 4.78 is 0. The number of rotatable bonds is 2. The molecular weight excluding hydrogens is 180 g/mol. The number of hydrogen-bond acceptors (Lipinski definition) is 4. The number of amides is 1. The summed E-state index contributed by atoms with van der Waals surface area (Å²) in [5, 5.41) is 5.47. The molecule has 0 radical (unpaired) electrons. The Bertz CT molecular complexity index is 374. The zero-order valence-corrected chi connectivity index (χ0v) is 7.84. The quantitative estimate of drug-likeness (QED) is 0.698. The van der Waals surface area contributed by atoms with Gasteiger partial charge in [0.05, 0.1) is 12.6 Å². The van der Waals surface area contributed by atoms with E-state index >= 15 is 0 Å². The van der Waals surface area contributed by atoms with Crippen LogP contribution in [0.1, 0.15) is 19.8 Å². The van der Waals surface area contributed by atoms with Crippen molar-refractivity contribution in [3.63, 3.8) is 0 Å². The van der Waals surface area contributed by atoms with Gasteiger partial charge in [0, 0.05) is 18.1 Å². The zero-order chi connectivity index (χ0) is 9.97. The summed E-state index contributed by atoms with van der Waals surface area (Å²) in [6, 6.07) is 0. The van der Waals surface area contributed by atoms with Gasteiger partial charge in [-0.05, 0) is 6.42 Å².